The summed E-state index contributed by atoms with van der Waals surface area (Å²) in [6.45, 7) is 12.9. The standard InChI is InChI=1S/C20H32O3/c1-13(2)20-9-8-14(3)12-16-18(22-16)15(4)6-7-17(21)19(5,23-20)10-11-20/h8,13,16-18,21H,4,6-7,9-12H2,1-3,5H3/b14-8-/t16-,17-,18+,19-,20-/m1/s1. The summed E-state index contributed by atoms with van der Waals surface area (Å²) < 4.78 is 12.4. The Balaban J connectivity index is 1.86. The Morgan fingerprint density at radius 1 is 1.35 bits per heavy atom. The Morgan fingerprint density at radius 3 is 2.78 bits per heavy atom. The van der Waals surface area contributed by atoms with Gasteiger partial charge in [-0.05, 0) is 63.9 Å². The SMILES string of the molecule is C=C1CC[C@@H](O)[C@@]2(C)CC[C@@](C(C)C)(C/C=C(/C)C[C@H]3O[C@@H]13)O2. The van der Waals surface area contributed by atoms with Gasteiger partial charge in [-0.2, -0.15) is 0 Å². The van der Waals surface area contributed by atoms with Gasteiger partial charge in [0.1, 0.15) is 6.10 Å². The van der Waals surface area contributed by atoms with Gasteiger partial charge in [0.15, 0.2) is 0 Å². The highest BCUT2D eigenvalue weighted by molar-refractivity contribution is 5.18. The summed E-state index contributed by atoms with van der Waals surface area (Å²) in [7, 11) is 0. The molecule has 0 aromatic heterocycles. The minimum absolute atomic E-state index is 0.147. The Hall–Kier alpha value is -0.640. The lowest BCUT2D eigenvalue weighted by atomic mass is 9.82. The monoisotopic (exact) mass is 320 g/mol. The molecule has 0 radical (unpaired) electrons. The maximum absolute atomic E-state index is 10.8. The topological polar surface area (TPSA) is 42.0 Å². The number of ether oxygens (including phenoxy) is 2. The Kier molecular flexibility index (Phi) is 4.50. The number of fused-ring (bicyclic) bond motifs is 3. The summed E-state index contributed by atoms with van der Waals surface area (Å²) >= 11 is 0. The van der Waals surface area contributed by atoms with Crippen LogP contribution >= 0.6 is 0 Å². The van der Waals surface area contributed by atoms with Crippen molar-refractivity contribution in [1.29, 1.82) is 0 Å². The van der Waals surface area contributed by atoms with E-state index < -0.39 is 11.7 Å². The van der Waals surface area contributed by atoms with Crippen LogP contribution in [0.1, 0.15) is 66.2 Å². The van der Waals surface area contributed by atoms with Gasteiger partial charge in [-0.1, -0.05) is 32.1 Å². The van der Waals surface area contributed by atoms with E-state index in [9.17, 15) is 5.11 Å². The van der Waals surface area contributed by atoms with Crippen LogP contribution < -0.4 is 0 Å². The van der Waals surface area contributed by atoms with E-state index in [-0.39, 0.29) is 11.7 Å². The van der Waals surface area contributed by atoms with Crippen molar-refractivity contribution in [2.24, 2.45) is 5.92 Å². The fourth-order valence-electron chi connectivity index (χ4n) is 4.22. The van der Waals surface area contributed by atoms with E-state index in [1.165, 1.54) is 5.57 Å². The molecule has 3 aliphatic heterocycles. The van der Waals surface area contributed by atoms with Gasteiger partial charge in [0.05, 0.1) is 23.4 Å². The first-order valence-corrected chi connectivity index (χ1v) is 9.13. The first kappa shape index (κ1) is 17.2. The molecular weight excluding hydrogens is 288 g/mol. The van der Waals surface area contributed by atoms with Gasteiger partial charge in [-0.15, -0.1) is 0 Å². The minimum Gasteiger partial charge on any atom is -0.390 e. The molecule has 1 N–H and O–H groups in total. The predicted molar refractivity (Wildman–Crippen MR) is 92.3 cm³/mol. The van der Waals surface area contributed by atoms with Crippen LogP contribution in [-0.4, -0.2) is 34.6 Å². The van der Waals surface area contributed by atoms with Crippen LogP contribution in [0.3, 0.4) is 0 Å². The van der Waals surface area contributed by atoms with E-state index in [4.69, 9.17) is 9.47 Å². The van der Waals surface area contributed by atoms with Gasteiger partial charge in [0.2, 0.25) is 0 Å². The fourth-order valence-corrected chi connectivity index (χ4v) is 4.22. The van der Waals surface area contributed by atoms with Crippen molar-refractivity contribution >= 4 is 0 Å². The molecular formula is C20H32O3. The van der Waals surface area contributed by atoms with Crippen LogP contribution in [0.4, 0.5) is 0 Å². The summed E-state index contributed by atoms with van der Waals surface area (Å²) in [5, 5.41) is 10.8. The molecule has 0 saturated carbocycles. The third kappa shape index (κ3) is 3.29. The molecule has 3 nitrogen and oxygen atoms in total. The number of hydrogen-bond donors (Lipinski definition) is 1. The third-order valence-corrected chi connectivity index (χ3v) is 6.28. The number of aliphatic hydroxyl groups is 1. The fraction of sp³-hybridized carbons (Fsp3) is 0.800. The zero-order valence-corrected chi connectivity index (χ0v) is 15.1. The van der Waals surface area contributed by atoms with E-state index >= 15 is 0 Å². The molecule has 0 amide bonds. The zero-order chi connectivity index (χ0) is 16.8. The number of hydrogen-bond acceptors (Lipinski definition) is 3. The van der Waals surface area contributed by atoms with Crippen LogP contribution in [0.5, 0.6) is 0 Å². The molecule has 2 bridgehead atoms. The molecule has 23 heavy (non-hydrogen) atoms. The second kappa shape index (κ2) is 6.02. The predicted octanol–water partition coefficient (Wildman–Crippen LogP) is 4.16. The molecule has 3 aliphatic rings. The highest BCUT2D eigenvalue weighted by Crippen LogP contribution is 2.48. The Morgan fingerprint density at radius 2 is 2.09 bits per heavy atom. The Bertz CT molecular complexity index is 509. The van der Waals surface area contributed by atoms with Crippen molar-refractivity contribution in [3.05, 3.63) is 23.8 Å². The molecule has 3 heteroatoms. The molecule has 0 aliphatic carbocycles. The molecule has 0 unspecified atom stereocenters. The van der Waals surface area contributed by atoms with E-state index in [1.807, 2.05) is 0 Å². The van der Waals surface area contributed by atoms with Crippen LogP contribution in [0.25, 0.3) is 0 Å². The lowest BCUT2D eigenvalue weighted by Crippen LogP contribution is -2.44. The van der Waals surface area contributed by atoms with Gasteiger partial charge in [0, 0.05) is 0 Å². The second-order valence-electron chi connectivity index (χ2n) is 8.40. The molecule has 2 saturated heterocycles. The molecule has 2 fully saturated rings. The van der Waals surface area contributed by atoms with Crippen molar-refractivity contribution in [3.8, 4) is 0 Å². The summed E-state index contributed by atoms with van der Waals surface area (Å²) in [6, 6.07) is 0. The highest BCUT2D eigenvalue weighted by atomic mass is 16.6. The van der Waals surface area contributed by atoms with Crippen molar-refractivity contribution in [2.75, 3.05) is 0 Å². The van der Waals surface area contributed by atoms with Gasteiger partial charge in [-0.3, -0.25) is 0 Å². The van der Waals surface area contributed by atoms with Crippen molar-refractivity contribution in [3.63, 3.8) is 0 Å². The summed E-state index contributed by atoms with van der Waals surface area (Å²) in [6.07, 6.45) is 7.76. The smallest absolute Gasteiger partial charge is 0.105 e. The molecule has 0 aromatic rings. The summed E-state index contributed by atoms with van der Waals surface area (Å²) in [5.74, 6) is 0.436. The van der Waals surface area contributed by atoms with Crippen LogP contribution in [-0.2, 0) is 9.47 Å². The summed E-state index contributed by atoms with van der Waals surface area (Å²) in [5.41, 5.74) is 1.91. The van der Waals surface area contributed by atoms with Crippen molar-refractivity contribution in [2.45, 2.75) is 95.7 Å². The summed E-state index contributed by atoms with van der Waals surface area (Å²) in [4.78, 5) is 0. The number of epoxide rings is 1. The largest absolute Gasteiger partial charge is 0.390 e. The molecule has 0 spiro atoms. The van der Waals surface area contributed by atoms with Crippen LogP contribution in [0.15, 0.2) is 23.8 Å². The maximum Gasteiger partial charge on any atom is 0.105 e. The lowest BCUT2D eigenvalue weighted by molar-refractivity contribution is -0.162. The van der Waals surface area contributed by atoms with Crippen LogP contribution in [0, 0.1) is 5.92 Å². The second-order valence-corrected chi connectivity index (χ2v) is 8.40. The zero-order valence-electron chi connectivity index (χ0n) is 15.1. The van der Waals surface area contributed by atoms with Gasteiger partial charge in [0.25, 0.3) is 0 Å². The van der Waals surface area contributed by atoms with Gasteiger partial charge >= 0.3 is 0 Å². The Labute approximate surface area is 140 Å². The van der Waals surface area contributed by atoms with E-state index in [2.05, 4.69) is 40.3 Å². The number of rotatable bonds is 1. The molecule has 0 aromatic carbocycles. The highest BCUT2D eigenvalue weighted by Gasteiger charge is 2.51. The quantitative estimate of drug-likeness (QED) is 0.583. The van der Waals surface area contributed by atoms with E-state index in [0.29, 0.717) is 18.4 Å². The first-order chi connectivity index (χ1) is 10.8. The van der Waals surface area contributed by atoms with Crippen molar-refractivity contribution in [1.82, 2.24) is 0 Å². The molecule has 3 rings (SSSR count). The van der Waals surface area contributed by atoms with E-state index in [0.717, 1.165) is 37.7 Å². The molecule has 3 heterocycles. The average molecular weight is 320 g/mol. The lowest BCUT2D eigenvalue weighted by Gasteiger charge is -2.38. The molecule has 130 valence electrons. The normalized spacial score (nSPS) is 47.1. The third-order valence-electron chi connectivity index (χ3n) is 6.28. The van der Waals surface area contributed by atoms with Crippen LogP contribution in [0.2, 0.25) is 0 Å². The average Bonchev–Trinajstić information content (AvgIpc) is 3.15. The molecule has 5 atom stereocenters. The number of aliphatic hydroxyl groups excluding tert-OH is 1. The van der Waals surface area contributed by atoms with Crippen molar-refractivity contribution < 1.29 is 14.6 Å². The minimum atomic E-state index is -0.442. The first-order valence-electron chi connectivity index (χ1n) is 9.13. The van der Waals surface area contributed by atoms with Gasteiger partial charge in [-0.25, -0.2) is 0 Å². The maximum atomic E-state index is 10.8. The van der Waals surface area contributed by atoms with E-state index in [1.54, 1.807) is 0 Å². The van der Waals surface area contributed by atoms with Gasteiger partial charge < -0.3 is 14.6 Å².